The summed E-state index contributed by atoms with van der Waals surface area (Å²) in [6.07, 6.45) is 0.922. The highest BCUT2D eigenvalue weighted by Gasteiger charge is 2.11. The Morgan fingerprint density at radius 1 is 1.38 bits per heavy atom. The zero-order valence-electron chi connectivity index (χ0n) is 11.9. The zero-order valence-corrected chi connectivity index (χ0v) is 12.7. The summed E-state index contributed by atoms with van der Waals surface area (Å²) in [5, 5.41) is 7.67. The van der Waals surface area contributed by atoms with E-state index < -0.39 is 10.5 Å². The third kappa shape index (κ3) is 8.82. The number of rotatable bonds is 5. The van der Waals surface area contributed by atoms with E-state index in [0.29, 0.717) is 23.7 Å². The molecule has 0 aliphatic carbocycles. The highest BCUT2D eigenvalue weighted by Crippen LogP contribution is 2.24. The molecule has 0 bridgehead atoms. The zero-order chi connectivity index (χ0) is 16.5. The highest BCUT2D eigenvalue weighted by molar-refractivity contribution is 7.80. The summed E-state index contributed by atoms with van der Waals surface area (Å²) >= 11 is 0. The molecule has 120 valence electrons. The van der Waals surface area contributed by atoms with Gasteiger partial charge >= 0.3 is 10.5 Å². The predicted molar refractivity (Wildman–Crippen MR) is 75.3 cm³/mol. The van der Waals surface area contributed by atoms with Gasteiger partial charge in [-0.15, -0.1) is 0 Å². The second kappa shape index (κ2) is 9.14. The molecule has 0 fully saturated rings. The van der Waals surface area contributed by atoms with Crippen LogP contribution in [0.25, 0.3) is 0 Å². The first-order chi connectivity index (χ1) is 9.72. The normalized spacial score (nSPS) is 10.1. The molecule has 7 nitrogen and oxygen atoms in total. The summed E-state index contributed by atoms with van der Waals surface area (Å²) in [6, 6.07) is 5.33. The molecule has 0 heterocycles. The molecular formula is C12H18FNO6S. The maximum absolute atomic E-state index is 10.2. The van der Waals surface area contributed by atoms with Crippen LogP contribution in [-0.2, 0) is 15.2 Å². The van der Waals surface area contributed by atoms with E-state index in [-0.39, 0.29) is 5.90 Å². The van der Waals surface area contributed by atoms with Crippen molar-refractivity contribution in [3.05, 3.63) is 23.8 Å². The Labute approximate surface area is 123 Å². The summed E-state index contributed by atoms with van der Waals surface area (Å²) in [5.74, 6) is 1.40. The Morgan fingerprint density at radius 2 is 1.95 bits per heavy atom. The molecule has 0 saturated carbocycles. The SMILES string of the molecule is CCCOc1ccc(OC)cc1C(=N)OC.O=S(=O)(O)F. The lowest BCUT2D eigenvalue weighted by Crippen LogP contribution is -2.06. The predicted octanol–water partition coefficient (Wildman–Crippen LogP) is 2.21. The van der Waals surface area contributed by atoms with Crippen LogP contribution in [0.3, 0.4) is 0 Å². The number of hydrogen-bond acceptors (Lipinski definition) is 6. The lowest BCUT2D eigenvalue weighted by Gasteiger charge is -2.12. The summed E-state index contributed by atoms with van der Waals surface area (Å²) in [4.78, 5) is 0. The fourth-order valence-electron chi connectivity index (χ4n) is 1.26. The van der Waals surface area contributed by atoms with Crippen molar-refractivity contribution in [3.8, 4) is 11.5 Å². The number of halogens is 1. The molecule has 9 heteroatoms. The van der Waals surface area contributed by atoms with Gasteiger partial charge in [-0.25, -0.2) is 0 Å². The second-order valence-corrected chi connectivity index (χ2v) is 4.48. The van der Waals surface area contributed by atoms with E-state index in [1.165, 1.54) is 7.11 Å². The van der Waals surface area contributed by atoms with Gasteiger partial charge in [-0.2, -0.15) is 8.42 Å². The Morgan fingerprint density at radius 3 is 2.38 bits per heavy atom. The van der Waals surface area contributed by atoms with Gasteiger partial charge in [0.25, 0.3) is 0 Å². The van der Waals surface area contributed by atoms with Gasteiger partial charge in [0.15, 0.2) is 0 Å². The van der Waals surface area contributed by atoms with Gasteiger partial charge in [0, 0.05) is 0 Å². The number of nitrogens with one attached hydrogen (secondary N) is 1. The van der Waals surface area contributed by atoms with Crippen LogP contribution in [0.5, 0.6) is 11.5 Å². The van der Waals surface area contributed by atoms with E-state index in [1.54, 1.807) is 25.3 Å². The molecule has 2 N–H and O–H groups in total. The van der Waals surface area contributed by atoms with Crippen LogP contribution in [0.4, 0.5) is 3.89 Å². The third-order valence-corrected chi connectivity index (χ3v) is 2.10. The van der Waals surface area contributed by atoms with Gasteiger partial charge in [-0.05, 0) is 24.6 Å². The molecule has 1 aromatic carbocycles. The maximum Gasteiger partial charge on any atom is 0.435 e. The van der Waals surface area contributed by atoms with Gasteiger partial charge < -0.3 is 14.2 Å². The fraction of sp³-hybridized carbons (Fsp3) is 0.417. The lowest BCUT2D eigenvalue weighted by molar-refractivity contribution is 0.313. The minimum atomic E-state index is -5.17. The smallest absolute Gasteiger partial charge is 0.435 e. The average molecular weight is 323 g/mol. The van der Waals surface area contributed by atoms with Crippen LogP contribution in [0.15, 0.2) is 18.2 Å². The van der Waals surface area contributed by atoms with Gasteiger partial charge in [0.1, 0.15) is 11.5 Å². The minimum Gasteiger partial charge on any atom is -0.497 e. The first-order valence-electron chi connectivity index (χ1n) is 5.83. The average Bonchev–Trinajstić information content (AvgIpc) is 2.42. The van der Waals surface area contributed by atoms with Crippen molar-refractivity contribution in [2.45, 2.75) is 13.3 Å². The molecule has 0 unspecified atom stereocenters. The second-order valence-electron chi connectivity index (χ2n) is 3.66. The molecule has 0 radical (unpaired) electrons. The van der Waals surface area contributed by atoms with Crippen molar-refractivity contribution < 1.29 is 31.1 Å². The van der Waals surface area contributed by atoms with Gasteiger partial charge in [-0.3, -0.25) is 9.96 Å². The molecule has 1 aromatic rings. The summed E-state index contributed by atoms with van der Waals surface area (Å²) in [7, 11) is -2.12. The third-order valence-electron chi connectivity index (χ3n) is 2.10. The number of ether oxygens (including phenoxy) is 3. The Balaban J connectivity index is 0.000000690. The molecule has 0 amide bonds. The van der Waals surface area contributed by atoms with Gasteiger partial charge in [-0.1, -0.05) is 10.8 Å². The van der Waals surface area contributed by atoms with Crippen molar-refractivity contribution >= 4 is 16.4 Å². The van der Waals surface area contributed by atoms with Gasteiger partial charge in [0.05, 0.1) is 26.4 Å². The van der Waals surface area contributed by atoms with Crippen LogP contribution in [0, 0.1) is 5.41 Å². The van der Waals surface area contributed by atoms with Crippen LogP contribution >= 0.6 is 0 Å². The Kier molecular flexibility index (Phi) is 8.32. The molecule has 0 saturated heterocycles. The molecule has 21 heavy (non-hydrogen) atoms. The molecule has 0 atom stereocenters. The Bertz CT molecular complexity index is 553. The molecular weight excluding hydrogens is 305 g/mol. The summed E-state index contributed by atoms with van der Waals surface area (Å²) < 4.78 is 49.6. The van der Waals surface area contributed by atoms with E-state index in [0.717, 1.165) is 6.42 Å². The maximum atomic E-state index is 10.2. The van der Waals surface area contributed by atoms with Crippen molar-refractivity contribution in [2.75, 3.05) is 20.8 Å². The lowest BCUT2D eigenvalue weighted by atomic mass is 10.2. The molecule has 0 aliphatic heterocycles. The summed E-state index contributed by atoms with van der Waals surface area (Å²) in [5.41, 5.74) is 0.607. The van der Waals surface area contributed by atoms with Crippen molar-refractivity contribution in [2.24, 2.45) is 0 Å². The molecule has 1 rings (SSSR count). The van der Waals surface area contributed by atoms with Crippen LogP contribution < -0.4 is 9.47 Å². The quantitative estimate of drug-likeness (QED) is 0.372. The van der Waals surface area contributed by atoms with E-state index in [9.17, 15) is 3.89 Å². The Hall–Kier alpha value is -1.87. The number of benzene rings is 1. The number of hydrogen-bond donors (Lipinski definition) is 2. The largest absolute Gasteiger partial charge is 0.497 e. The first kappa shape index (κ1) is 19.1. The highest BCUT2D eigenvalue weighted by atomic mass is 32.3. The standard InChI is InChI=1S/C12H17NO3.FHO3S/c1-4-7-16-11-6-5-9(14-2)8-10(11)12(13)15-3;1-5(2,3)4/h5-6,8,13H,4,7H2,1-3H3;(H,2,3,4). The minimum absolute atomic E-state index is 0.0741. The van der Waals surface area contributed by atoms with Crippen molar-refractivity contribution in [1.82, 2.24) is 0 Å². The van der Waals surface area contributed by atoms with Crippen molar-refractivity contribution in [1.29, 1.82) is 5.41 Å². The fourth-order valence-corrected chi connectivity index (χ4v) is 1.26. The summed E-state index contributed by atoms with van der Waals surface area (Å²) in [6.45, 7) is 2.65. The molecule has 0 aromatic heterocycles. The topological polar surface area (TPSA) is 106 Å². The van der Waals surface area contributed by atoms with Crippen LogP contribution in [-0.4, -0.2) is 39.7 Å². The van der Waals surface area contributed by atoms with Crippen molar-refractivity contribution in [3.63, 3.8) is 0 Å². The molecule has 0 spiro atoms. The van der Waals surface area contributed by atoms with Crippen LogP contribution in [0.1, 0.15) is 18.9 Å². The van der Waals surface area contributed by atoms with Gasteiger partial charge in [0.2, 0.25) is 5.90 Å². The number of methoxy groups -OCH3 is 2. The monoisotopic (exact) mass is 323 g/mol. The van der Waals surface area contributed by atoms with E-state index in [1.807, 2.05) is 6.92 Å². The first-order valence-corrected chi connectivity index (χ1v) is 7.17. The van der Waals surface area contributed by atoms with E-state index in [4.69, 9.17) is 32.6 Å². The molecule has 0 aliphatic rings. The van der Waals surface area contributed by atoms with Crippen LogP contribution in [0.2, 0.25) is 0 Å². The van der Waals surface area contributed by atoms with E-state index in [2.05, 4.69) is 0 Å². The van der Waals surface area contributed by atoms with E-state index >= 15 is 0 Å².